The molecule has 0 bridgehead atoms. The minimum absolute atomic E-state index is 0.0630. The minimum atomic E-state index is -0.754. The summed E-state index contributed by atoms with van der Waals surface area (Å²) in [5, 5.41) is 5.40. The van der Waals surface area contributed by atoms with E-state index in [1.807, 2.05) is 31.2 Å². The van der Waals surface area contributed by atoms with E-state index in [2.05, 4.69) is 17.2 Å². The van der Waals surface area contributed by atoms with Crippen LogP contribution in [0.2, 0.25) is 0 Å². The predicted molar refractivity (Wildman–Crippen MR) is 99.2 cm³/mol. The summed E-state index contributed by atoms with van der Waals surface area (Å²) in [4.78, 5) is 24.8. The van der Waals surface area contributed by atoms with E-state index in [-0.39, 0.29) is 12.7 Å². The molecule has 7 nitrogen and oxygen atoms in total. The van der Waals surface area contributed by atoms with Crippen molar-refractivity contribution in [3.8, 4) is 5.75 Å². The number of carbonyl (C=O) groups excluding carboxylic acids is 2. The van der Waals surface area contributed by atoms with Crippen molar-refractivity contribution in [2.75, 3.05) is 19.8 Å². The van der Waals surface area contributed by atoms with Gasteiger partial charge in [0.2, 0.25) is 0 Å². The molecular formula is C20H26N2O5. The molecular weight excluding hydrogens is 348 g/mol. The molecule has 146 valence electrons. The third-order valence-electron chi connectivity index (χ3n) is 4.67. The summed E-state index contributed by atoms with van der Waals surface area (Å²) in [5.41, 5.74) is 1.03. The first-order valence-electron chi connectivity index (χ1n) is 9.36. The molecule has 2 saturated heterocycles. The van der Waals surface area contributed by atoms with E-state index in [0.717, 1.165) is 24.8 Å². The third kappa shape index (κ3) is 4.60. The first-order valence-corrected chi connectivity index (χ1v) is 9.36. The maximum absolute atomic E-state index is 12.8. The van der Waals surface area contributed by atoms with Gasteiger partial charge in [0, 0.05) is 17.9 Å². The number of amides is 2. The molecule has 2 N–H and O–H groups in total. The highest BCUT2D eigenvalue weighted by Gasteiger charge is 2.40. The number of nitrogens with one attached hydrogen (secondary N) is 2. The van der Waals surface area contributed by atoms with Gasteiger partial charge < -0.3 is 24.8 Å². The SMILES string of the molecule is C=C1NC(=O)N[C@@H](c2ccccc2OCCC)[C@@H]1C(=O)OC[C@@H]1CCCO1. The number of rotatable bonds is 7. The van der Waals surface area contributed by atoms with Crippen molar-refractivity contribution < 1.29 is 23.8 Å². The third-order valence-corrected chi connectivity index (χ3v) is 4.67. The van der Waals surface area contributed by atoms with E-state index in [0.29, 0.717) is 24.7 Å². The normalized spacial score (nSPS) is 24.9. The number of carbonyl (C=O) groups is 2. The lowest BCUT2D eigenvalue weighted by Crippen LogP contribution is -2.51. The summed E-state index contributed by atoms with van der Waals surface area (Å²) in [5.74, 6) is -0.565. The lowest BCUT2D eigenvalue weighted by molar-refractivity contribution is -0.151. The summed E-state index contributed by atoms with van der Waals surface area (Å²) in [6.45, 7) is 7.33. The number of benzene rings is 1. The summed E-state index contributed by atoms with van der Waals surface area (Å²) >= 11 is 0. The quantitative estimate of drug-likeness (QED) is 0.717. The second kappa shape index (κ2) is 8.90. The molecule has 3 rings (SSSR count). The smallest absolute Gasteiger partial charge is 0.319 e. The highest BCUT2D eigenvalue weighted by molar-refractivity contribution is 5.85. The number of para-hydroxylation sites is 1. The zero-order valence-electron chi connectivity index (χ0n) is 15.5. The zero-order valence-corrected chi connectivity index (χ0v) is 15.5. The van der Waals surface area contributed by atoms with E-state index < -0.39 is 24.0 Å². The molecule has 0 saturated carbocycles. The van der Waals surface area contributed by atoms with Crippen LogP contribution in [0.5, 0.6) is 5.75 Å². The number of urea groups is 1. The Labute approximate surface area is 159 Å². The minimum Gasteiger partial charge on any atom is -0.493 e. The highest BCUT2D eigenvalue weighted by Crippen LogP contribution is 2.35. The summed E-state index contributed by atoms with van der Waals surface area (Å²) < 4.78 is 16.8. The maximum atomic E-state index is 12.8. The first kappa shape index (κ1) is 19.2. The Morgan fingerprint density at radius 2 is 2.19 bits per heavy atom. The Morgan fingerprint density at radius 3 is 2.93 bits per heavy atom. The van der Waals surface area contributed by atoms with Gasteiger partial charge in [-0.25, -0.2) is 4.79 Å². The van der Waals surface area contributed by atoms with E-state index in [1.54, 1.807) is 0 Å². The molecule has 2 heterocycles. The average Bonchev–Trinajstić information content (AvgIpc) is 3.17. The molecule has 0 aromatic heterocycles. The molecule has 0 radical (unpaired) electrons. The molecule has 7 heteroatoms. The van der Waals surface area contributed by atoms with Crippen LogP contribution in [-0.2, 0) is 14.3 Å². The van der Waals surface area contributed by atoms with Crippen molar-refractivity contribution in [2.24, 2.45) is 5.92 Å². The fourth-order valence-electron chi connectivity index (χ4n) is 3.34. The summed E-state index contributed by atoms with van der Waals surface area (Å²) in [6, 6.07) is 6.36. The second-order valence-corrected chi connectivity index (χ2v) is 6.73. The Kier molecular flexibility index (Phi) is 6.34. The number of ether oxygens (including phenoxy) is 3. The van der Waals surface area contributed by atoms with Gasteiger partial charge >= 0.3 is 12.0 Å². The van der Waals surface area contributed by atoms with Crippen molar-refractivity contribution in [1.29, 1.82) is 0 Å². The van der Waals surface area contributed by atoms with Crippen LogP contribution in [0.15, 0.2) is 36.5 Å². The van der Waals surface area contributed by atoms with Crippen LogP contribution >= 0.6 is 0 Å². The van der Waals surface area contributed by atoms with E-state index in [9.17, 15) is 9.59 Å². The molecule has 1 aromatic rings. The van der Waals surface area contributed by atoms with Crippen LogP contribution in [0.1, 0.15) is 37.8 Å². The Bertz CT molecular complexity index is 699. The van der Waals surface area contributed by atoms with Crippen molar-refractivity contribution >= 4 is 12.0 Å². The lowest BCUT2D eigenvalue weighted by atomic mass is 9.88. The first-order chi connectivity index (χ1) is 13.1. The number of hydrogen-bond acceptors (Lipinski definition) is 5. The summed E-state index contributed by atoms with van der Waals surface area (Å²) in [6.07, 6.45) is 2.64. The zero-order chi connectivity index (χ0) is 19.2. The van der Waals surface area contributed by atoms with Gasteiger partial charge in [-0.1, -0.05) is 31.7 Å². The van der Waals surface area contributed by atoms with Crippen molar-refractivity contribution in [3.63, 3.8) is 0 Å². The van der Waals surface area contributed by atoms with E-state index >= 15 is 0 Å². The maximum Gasteiger partial charge on any atom is 0.319 e. The monoisotopic (exact) mass is 374 g/mol. The van der Waals surface area contributed by atoms with Gasteiger partial charge in [0.25, 0.3) is 0 Å². The molecule has 27 heavy (non-hydrogen) atoms. The van der Waals surface area contributed by atoms with Crippen LogP contribution in [0.3, 0.4) is 0 Å². The predicted octanol–water partition coefficient (Wildman–Crippen LogP) is 2.68. The second-order valence-electron chi connectivity index (χ2n) is 6.73. The van der Waals surface area contributed by atoms with E-state index in [1.165, 1.54) is 0 Å². The van der Waals surface area contributed by atoms with Crippen LogP contribution in [0.4, 0.5) is 4.79 Å². The molecule has 3 atom stereocenters. The van der Waals surface area contributed by atoms with Crippen LogP contribution < -0.4 is 15.4 Å². The molecule has 2 fully saturated rings. The fraction of sp³-hybridized carbons (Fsp3) is 0.500. The lowest BCUT2D eigenvalue weighted by Gasteiger charge is -2.34. The standard InChI is InChI=1S/C20H26N2O5/c1-3-10-26-16-9-5-4-8-15(16)18-17(13(2)21-20(24)22-18)19(23)27-12-14-7-6-11-25-14/h4-5,8-9,14,17-18H,2-3,6-7,10-12H2,1H3,(H2,21,22,24)/t14-,17+,18-/m0/s1. The summed E-state index contributed by atoms with van der Waals surface area (Å²) in [7, 11) is 0. The molecule has 2 amide bonds. The topological polar surface area (TPSA) is 85.9 Å². The van der Waals surface area contributed by atoms with Crippen molar-refractivity contribution in [2.45, 2.75) is 38.3 Å². The van der Waals surface area contributed by atoms with Gasteiger partial charge in [-0.15, -0.1) is 0 Å². The Balaban J connectivity index is 1.80. The fourth-order valence-corrected chi connectivity index (χ4v) is 3.34. The van der Waals surface area contributed by atoms with Gasteiger partial charge in [-0.05, 0) is 25.3 Å². The highest BCUT2D eigenvalue weighted by atomic mass is 16.6. The largest absolute Gasteiger partial charge is 0.493 e. The molecule has 2 aliphatic heterocycles. The molecule has 0 aliphatic carbocycles. The van der Waals surface area contributed by atoms with Crippen LogP contribution in [-0.4, -0.2) is 37.9 Å². The Hall–Kier alpha value is -2.54. The van der Waals surface area contributed by atoms with Gasteiger partial charge in [0.15, 0.2) is 0 Å². The van der Waals surface area contributed by atoms with Crippen LogP contribution in [0.25, 0.3) is 0 Å². The average molecular weight is 374 g/mol. The van der Waals surface area contributed by atoms with Crippen molar-refractivity contribution in [1.82, 2.24) is 10.6 Å². The van der Waals surface area contributed by atoms with Gasteiger partial charge in [-0.2, -0.15) is 0 Å². The van der Waals surface area contributed by atoms with Gasteiger partial charge in [0.1, 0.15) is 18.3 Å². The molecule has 2 aliphatic rings. The van der Waals surface area contributed by atoms with Gasteiger partial charge in [-0.3, -0.25) is 4.79 Å². The molecule has 0 spiro atoms. The van der Waals surface area contributed by atoms with Crippen LogP contribution in [0, 0.1) is 5.92 Å². The number of hydrogen-bond donors (Lipinski definition) is 2. The Morgan fingerprint density at radius 1 is 1.37 bits per heavy atom. The van der Waals surface area contributed by atoms with Crippen molar-refractivity contribution in [3.05, 3.63) is 42.1 Å². The van der Waals surface area contributed by atoms with E-state index in [4.69, 9.17) is 14.2 Å². The molecule has 0 unspecified atom stereocenters. The van der Waals surface area contributed by atoms with Gasteiger partial charge in [0.05, 0.1) is 18.8 Å². The molecule has 1 aromatic carbocycles. The number of esters is 1.